The number of nitrogens with zero attached hydrogens (tertiary/aromatic N) is 1. The Labute approximate surface area is 66.8 Å². The van der Waals surface area contributed by atoms with E-state index in [1.165, 1.54) is 0 Å². The van der Waals surface area contributed by atoms with Crippen LogP contribution in [0.2, 0.25) is 0 Å². The topological polar surface area (TPSA) is 67.5 Å². The molecule has 4 heteroatoms. The SMILES string of the molecule is CC(C)(C)/C=N/NCC(N)=O. The smallest absolute Gasteiger partial charge is 0.238 e. The van der Waals surface area contributed by atoms with Crippen LogP contribution >= 0.6 is 0 Å². The quantitative estimate of drug-likeness (QED) is 0.450. The van der Waals surface area contributed by atoms with Crippen molar-refractivity contribution in [1.82, 2.24) is 5.43 Å². The molecule has 0 saturated carbocycles. The van der Waals surface area contributed by atoms with Crippen LogP contribution in [-0.4, -0.2) is 18.7 Å². The first-order valence-electron chi connectivity index (χ1n) is 3.47. The lowest BCUT2D eigenvalue weighted by molar-refractivity contribution is -0.117. The monoisotopic (exact) mass is 157 g/mol. The fourth-order valence-electron chi connectivity index (χ4n) is 0.363. The molecule has 3 N–H and O–H groups in total. The van der Waals surface area contributed by atoms with Crippen molar-refractivity contribution in [3.05, 3.63) is 0 Å². The number of carbonyl (C=O) groups excluding carboxylic acids is 1. The van der Waals surface area contributed by atoms with Crippen molar-refractivity contribution < 1.29 is 4.79 Å². The number of hydrogen-bond donors (Lipinski definition) is 2. The molecule has 0 rings (SSSR count). The highest BCUT2D eigenvalue weighted by Gasteiger charge is 2.04. The second kappa shape index (κ2) is 3.95. The average Bonchev–Trinajstić information content (AvgIpc) is 1.78. The molecule has 64 valence electrons. The van der Waals surface area contributed by atoms with Crippen molar-refractivity contribution in [2.75, 3.05) is 6.54 Å². The molecule has 0 heterocycles. The van der Waals surface area contributed by atoms with Crippen LogP contribution in [-0.2, 0) is 4.79 Å². The van der Waals surface area contributed by atoms with Crippen molar-refractivity contribution in [1.29, 1.82) is 0 Å². The highest BCUT2D eigenvalue weighted by molar-refractivity contribution is 5.76. The van der Waals surface area contributed by atoms with E-state index in [0.29, 0.717) is 0 Å². The summed E-state index contributed by atoms with van der Waals surface area (Å²) in [6.07, 6.45) is 1.73. The van der Waals surface area contributed by atoms with Crippen LogP contribution in [0.3, 0.4) is 0 Å². The third-order valence-corrected chi connectivity index (χ3v) is 0.796. The van der Waals surface area contributed by atoms with Crippen molar-refractivity contribution in [2.45, 2.75) is 20.8 Å². The van der Waals surface area contributed by atoms with Gasteiger partial charge in [-0.2, -0.15) is 5.10 Å². The Bertz CT molecular complexity index is 158. The van der Waals surface area contributed by atoms with Gasteiger partial charge in [0.15, 0.2) is 0 Å². The van der Waals surface area contributed by atoms with Crippen LogP contribution in [0.1, 0.15) is 20.8 Å². The number of amides is 1. The van der Waals surface area contributed by atoms with E-state index in [1.54, 1.807) is 6.21 Å². The molecular weight excluding hydrogens is 142 g/mol. The lowest BCUT2D eigenvalue weighted by atomic mass is 9.99. The second-order valence-corrected chi connectivity index (χ2v) is 3.43. The predicted octanol–water partition coefficient (Wildman–Crippen LogP) is 0.0932. The van der Waals surface area contributed by atoms with E-state index in [9.17, 15) is 4.79 Å². The highest BCUT2D eigenvalue weighted by atomic mass is 16.1. The van der Waals surface area contributed by atoms with E-state index < -0.39 is 5.91 Å². The first kappa shape index (κ1) is 9.94. The van der Waals surface area contributed by atoms with Crippen LogP contribution in [0.15, 0.2) is 5.10 Å². The van der Waals surface area contributed by atoms with Crippen molar-refractivity contribution >= 4 is 12.1 Å². The minimum atomic E-state index is -0.406. The first-order chi connectivity index (χ1) is 4.92. The molecule has 0 aromatic carbocycles. The van der Waals surface area contributed by atoms with Crippen LogP contribution in [0.25, 0.3) is 0 Å². The van der Waals surface area contributed by atoms with E-state index >= 15 is 0 Å². The van der Waals surface area contributed by atoms with Crippen molar-refractivity contribution in [3.8, 4) is 0 Å². The summed E-state index contributed by atoms with van der Waals surface area (Å²) in [6.45, 7) is 6.14. The number of nitrogens with two attached hydrogens (primary N) is 1. The number of hydrazone groups is 1. The number of hydrogen-bond acceptors (Lipinski definition) is 3. The zero-order chi connectivity index (χ0) is 8.91. The third kappa shape index (κ3) is 8.94. The van der Waals surface area contributed by atoms with Gasteiger partial charge in [-0.1, -0.05) is 20.8 Å². The first-order valence-corrected chi connectivity index (χ1v) is 3.47. The molecule has 0 bridgehead atoms. The van der Waals surface area contributed by atoms with Gasteiger partial charge in [-0.3, -0.25) is 4.79 Å². The molecule has 4 nitrogen and oxygen atoms in total. The molecule has 0 fully saturated rings. The molecule has 11 heavy (non-hydrogen) atoms. The van der Waals surface area contributed by atoms with E-state index in [2.05, 4.69) is 10.5 Å². The minimum Gasteiger partial charge on any atom is -0.368 e. The predicted molar refractivity (Wildman–Crippen MR) is 45.1 cm³/mol. The summed E-state index contributed by atoms with van der Waals surface area (Å²) in [6, 6.07) is 0. The lowest BCUT2D eigenvalue weighted by Crippen LogP contribution is -2.25. The maximum atomic E-state index is 10.2. The summed E-state index contributed by atoms with van der Waals surface area (Å²) in [7, 11) is 0. The van der Waals surface area contributed by atoms with Crippen molar-refractivity contribution in [2.24, 2.45) is 16.3 Å². The Kier molecular flexibility index (Phi) is 3.57. The molecule has 0 saturated heterocycles. The Morgan fingerprint density at radius 1 is 1.64 bits per heavy atom. The maximum Gasteiger partial charge on any atom is 0.238 e. The number of nitrogens with one attached hydrogen (secondary N) is 1. The second-order valence-electron chi connectivity index (χ2n) is 3.43. The van der Waals surface area contributed by atoms with Gasteiger partial charge in [-0.05, 0) is 5.41 Å². The summed E-state index contributed by atoms with van der Waals surface area (Å²) >= 11 is 0. The molecule has 0 aliphatic heterocycles. The summed E-state index contributed by atoms with van der Waals surface area (Å²) in [5, 5.41) is 3.81. The van der Waals surface area contributed by atoms with Gasteiger partial charge in [-0.15, -0.1) is 0 Å². The van der Waals surface area contributed by atoms with E-state index in [-0.39, 0.29) is 12.0 Å². The molecule has 1 amide bonds. The average molecular weight is 157 g/mol. The summed E-state index contributed by atoms with van der Waals surface area (Å²) in [5.74, 6) is -0.406. The van der Waals surface area contributed by atoms with Crippen LogP contribution in [0.4, 0.5) is 0 Å². The van der Waals surface area contributed by atoms with E-state index in [0.717, 1.165) is 0 Å². The molecule has 0 spiro atoms. The minimum absolute atomic E-state index is 0.0324. The van der Waals surface area contributed by atoms with Crippen LogP contribution < -0.4 is 11.2 Å². The molecule has 0 aromatic heterocycles. The Balaban J connectivity index is 3.54. The summed E-state index contributed by atoms with van der Waals surface area (Å²) in [4.78, 5) is 10.2. The standard InChI is InChI=1S/C7H15N3O/c1-7(2,3)5-10-9-4-6(8)11/h5,9H,4H2,1-3H3,(H2,8,11)/b10-5+. The normalized spacial score (nSPS) is 11.9. The maximum absolute atomic E-state index is 10.2. The Morgan fingerprint density at radius 3 is 2.55 bits per heavy atom. The fraction of sp³-hybridized carbons (Fsp3) is 0.714. The number of rotatable bonds is 3. The molecule has 0 aromatic rings. The van der Waals surface area contributed by atoms with Crippen molar-refractivity contribution in [3.63, 3.8) is 0 Å². The Hall–Kier alpha value is -1.06. The van der Waals surface area contributed by atoms with Crippen LogP contribution in [0, 0.1) is 5.41 Å². The number of primary amides is 1. The zero-order valence-electron chi connectivity index (χ0n) is 7.22. The lowest BCUT2D eigenvalue weighted by Gasteiger charge is -2.09. The summed E-state index contributed by atoms with van der Waals surface area (Å²) < 4.78 is 0. The molecule has 0 aliphatic rings. The highest BCUT2D eigenvalue weighted by Crippen LogP contribution is 2.07. The van der Waals surface area contributed by atoms with Gasteiger partial charge in [0.05, 0.1) is 0 Å². The molecule has 0 radical (unpaired) electrons. The third-order valence-electron chi connectivity index (χ3n) is 0.796. The van der Waals surface area contributed by atoms with E-state index in [4.69, 9.17) is 5.73 Å². The van der Waals surface area contributed by atoms with Gasteiger partial charge < -0.3 is 11.2 Å². The van der Waals surface area contributed by atoms with Gasteiger partial charge in [0.2, 0.25) is 5.91 Å². The van der Waals surface area contributed by atoms with Gasteiger partial charge in [0, 0.05) is 6.21 Å². The van der Waals surface area contributed by atoms with Gasteiger partial charge in [0.25, 0.3) is 0 Å². The Morgan fingerprint density at radius 2 is 2.18 bits per heavy atom. The molecule has 0 unspecified atom stereocenters. The van der Waals surface area contributed by atoms with Crippen LogP contribution in [0.5, 0.6) is 0 Å². The summed E-state index contributed by atoms with van der Waals surface area (Å²) in [5.41, 5.74) is 7.44. The zero-order valence-corrected chi connectivity index (χ0v) is 7.22. The van der Waals surface area contributed by atoms with Gasteiger partial charge >= 0.3 is 0 Å². The molecular formula is C7H15N3O. The molecule has 0 aliphatic carbocycles. The van der Waals surface area contributed by atoms with Gasteiger partial charge in [-0.25, -0.2) is 0 Å². The molecule has 0 atom stereocenters. The fourth-order valence-corrected chi connectivity index (χ4v) is 0.363. The number of carbonyl (C=O) groups is 1. The van der Waals surface area contributed by atoms with E-state index in [1.807, 2.05) is 20.8 Å². The largest absolute Gasteiger partial charge is 0.368 e. The van der Waals surface area contributed by atoms with Gasteiger partial charge in [0.1, 0.15) is 6.54 Å².